The first-order valence-corrected chi connectivity index (χ1v) is 9.72. The molecule has 0 saturated carbocycles. The van der Waals surface area contributed by atoms with Crippen molar-refractivity contribution in [3.8, 4) is 21.8 Å². The number of rotatable bonds is 4. The topological polar surface area (TPSA) is 54.0 Å². The van der Waals surface area contributed by atoms with Gasteiger partial charge in [0, 0.05) is 22.2 Å². The number of benzene rings is 3. The largest absolute Gasteiger partial charge is 0.323 e. The highest BCUT2D eigenvalue weighted by molar-refractivity contribution is 7.13. The van der Waals surface area contributed by atoms with Crippen molar-refractivity contribution in [2.24, 2.45) is 0 Å². The average molecular weight is 425 g/mol. The van der Waals surface area contributed by atoms with E-state index in [9.17, 15) is 18.0 Å². The van der Waals surface area contributed by atoms with E-state index in [-0.39, 0.29) is 0 Å². The predicted octanol–water partition coefficient (Wildman–Crippen LogP) is 6.54. The molecule has 0 saturated heterocycles. The van der Waals surface area contributed by atoms with Crippen molar-refractivity contribution in [1.29, 1.82) is 0 Å². The van der Waals surface area contributed by atoms with Crippen molar-refractivity contribution < 1.29 is 18.0 Å². The highest BCUT2D eigenvalue weighted by atomic mass is 32.1. The molecule has 3 aromatic carbocycles. The number of carbonyl (C=O) groups excluding carboxylic acids is 1. The van der Waals surface area contributed by atoms with Crippen LogP contribution in [0.4, 0.5) is 29.3 Å². The number of hydrogen-bond acceptors (Lipinski definition) is 3. The summed E-state index contributed by atoms with van der Waals surface area (Å²) in [5, 5.41) is 7.51. The zero-order chi connectivity index (χ0) is 21.1. The second kappa shape index (κ2) is 8.38. The zero-order valence-corrected chi connectivity index (χ0v) is 16.1. The standard InChI is InChI=1S/C22H14F3N3OS/c23-16-10-11-17(20(25)19(16)24)28-22(29)26-15-8-6-13(7-9-15)18-12-30-21(27-18)14-4-2-1-3-5-14/h1-12H,(H2,26,28,29). The van der Waals surface area contributed by atoms with E-state index in [0.717, 1.165) is 34.0 Å². The van der Waals surface area contributed by atoms with Gasteiger partial charge in [0.15, 0.2) is 17.5 Å². The molecule has 8 heteroatoms. The molecule has 2 amide bonds. The zero-order valence-electron chi connectivity index (χ0n) is 15.3. The number of nitrogens with zero attached hydrogens (tertiary/aromatic N) is 1. The van der Waals surface area contributed by atoms with E-state index in [4.69, 9.17) is 0 Å². The second-order valence-corrected chi connectivity index (χ2v) is 7.14. The molecule has 4 rings (SSSR count). The number of urea groups is 1. The Kier molecular flexibility index (Phi) is 5.49. The van der Waals surface area contributed by atoms with Crippen LogP contribution in [0.3, 0.4) is 0 Å². The quantitative estimate of drug-likeness (QED) is 0.365. The van der Waals surface area contributed by atoms with Gasteiger partial charge in [0.05, 0.1) is 11.4 Å². The minimum Gasteiger partial charge on any atom is -0.308 e. The lowest BCUT2D eigenvalue weighted by molar-refractivity contribution is 0.262. The number of thiazole rings is 1. The fourth-order valence-electron chi connectivity index (χ4n) is 2.75. The fourth-order valence-corrected chi connectivity index (χ4v) is 3.59. The van der Waals surface area contributed by atoms with Gasteiger partial charge in [-0.25, -0.2) is 22.9 Å². The third-order valence-electron chi connectivity index (χ3n) is 4.25. The van der Waals surface area contributed by atoms with Gasteiger partial charge in [-0.1, -0.05) is 42.5 Å². The second-order valence-electron chi connectivity index (χ2n) is 6.28. The Morgan fingerprint density at radius 3 is 2.27 bits per heavy atom. The number of carbonyl (C=O) groups is 1. The van der Waals surface area contributed by atoms with E-state index < -0.39 is 29.2 Å². The Balaban J connectivity index is 1.43. The van der Waals surface area contributed by atoms with E-state index in [1.54, 1.807) is 24.3 Å². The van der Waals surface area contributed by atoms with Gasteiger partial charge in [-0.2, -0.15) is 0 Å². The van der Waals surface area contributed by atoms with Gasteiger partial charge in [0.25, 0.3) is 0 Å². The molecular weight excluding hydrogens is 411 g/mol. The molecule has 4 nitrogen and oxygen atoms in total. The lowest BCUT2D eigenvalue weighted by Gasteiger charge is -2.09. The molecule has 0 bridgehead atoms. The minimum absolute atomic E-state index is 0.442. The molecule has 4 aromatic rings. The molecular formula is C22H14F3N3OS. The number of aromatic nitrogens is 1. The lowest BCUT2D eigenvalue weighted by Crippen LogP contribution is -2.20. The highest BCUT2D eigenvalue weighted by Crippen LogP contribution is 2.29. The average Bonchev–Trinajstić information content (AvgIpc) is 3.26. The molecule has 0 radical (unpaired) electrons. The number of anilines is 2. The van der Waals surface area contributed by atoms with Crippen LogP contribution in [0.5, 0.6) is 0 Å². The lowest BCUT2D eigenvalue weighted by atomic mass is 10.1. The van der Waals surface area contributed by atoms with Gasteiger partial charge in [-0.3, -0.25) is 0 Å². The minimum atomic E-state index is -1.64. The van der Waals surface area contributed by atoms with E-state index in [2.05, 4.69) is 15.6 Å². The first-order valence-electron chi connectivity index (χ1n) is 8.84. The Hall–Kier alpha value is -3.65. The van der Waals surface area contributed by atoms with Gasteiger partial charge in [-0.15, -0.1) is 11.3 Å². The number of halogens is 3. The van der Waals surface area contributed by atoms with Gasteiger partial charge in [0.1, 0.15) is 5.01 Å². The molecule has 0 aliphatic carbocycles. The summed E-state index contributed by atoms with van der Waals surface area (Å²) < 4.78 is 39.9. The molecule has 0 fully saturated rings. The maximum absolute atomic E-state index is 13.7. The van der Waals surface area contributed by atoms with Crippen molar-refractivity contribution in [3.05, 3.63) is 89.6 Å². The van der Waals surface area contributed by atoms with Gasteiger partial charge >= 0.3 is 6.03 Å². The van der Waals surface area contributed by atoms with Crippen LogP contribution in [0.2, 0.25) is 0 Å². The van der Waals surface area contributed by atoms with Crippen LogP contribution < -0.4 is 10.6 Å². The van der Waals surface area contributed by atoms with Crippen LogP contribution in [0.25, 0.3) is 21.8 Å². The predicted molar refractivity (Wildman–Crippen MR) is 112 cm³/mol. The molecule has 0 atom stereocenters. The van der Waals surface area contributed by atoms with Gasteiger partial charge in [0.2, 0.25) is 0 Å². The first-order chi connectivity index (χ1) is 14.5. The van der Waals surface area contributed by atoms with Crippen molar-refractivity contribution in [2.75, 3.05) is 10.6 Å². The molecule has 150 valence electrons. The molecule has 0 aliphatic heterocycles. The molecule has 0 aliphatic rings. The van der Waals surface area contributed by atoms with E-state index in [0.29, 0.717) is 5.69 Å². The molecule has 1 heterocycles. The van der Waals surface area contributed by atoms with Crippen LogP contribution >= 0.6 is 11.3 Å². The maximum atomic E-state index is 13.7. The normalized spacial score (nSPS) is 10.6. The third kappa shape index (κ3) is 4.18. The summed E-state index contributed by atoms with van der Waals surface area (Å²) >= 11 is 1.53. The van der Waals surface area contributed by atoms with Crippen molar-refractivity contribution in [2.45, 2.75) is 0 Å². The molecule has 1 aromatic heterocycles. The summed E-state index contributed by atoms with van der Waals surface area (Å²) in [7, 11) is 0. The van der Waals surface area contributed by atoms with Crippen LogP contribution in [0.15, 0.2) is 72.1 Å². The summed E-state index contributed by atoms with van der Waals surface area (Å²) in [5.74, 6) is -4.43. The molecule has 30 heavy (non-hydrogen) atoms. The van der Waals surface area contributed by atoms with Crippen molar-refractivity contribution >= 4 is 28.7 Å². The summed E-state index contributed by atoms with van der Waals surface area (Å²) in [6, 6.07) is 17.6. The summed E-state index contributed by atoms with van der Waals surface area (Å²) in [4.78, 5) is 16.7. The first kappa shape index (κ1) is 19.7. The number of hydrogen-bond donors (Lipinski definition) is 2. The Morgan fingerprint density at radius 1 is 0.800 bits per heavy atom. The summed E-state index contributed by atoms with van der Waals surface area (Å²) in [5.41, 5.74) is 2.69. The summed E-state index contributed by atoms with van der Waals surface area (Å²) in [6.45, 7) is 0. The Morgan fingerprint density at radius 2 is 1.53 bits per heavy atom. The van der Waals surface area contributed by atoms with E-state index in [1.807, 2.05) is 35.7 Å². The fraction of sp³-hybridized carbons (Fsp3) is 0. The van der Waals surface area contributed by atoms with Crippen molar-refractivity contribution in [1.82, 2.24) is 4.98 Å². The third-order valence-corrected chi connectivity index (χ3v) is 5.14. The van der Waals surface area contributed by atoms with Crippen molar-refractivity contribution in [3.63, 3.8) is 0 Å². The molecule has 0 unspecified atom stereocenters. The molecule has 2 N–H and O–H groups in total. The Labute approximate surface area is 174 Å². The number of nitrogens with one attached hydrogen (secondary N) is 2. The van der Waals surface area contributed by atoms with Crippen LogP contribution in [0, 0.1) is 17.5 Å². The smallest absolute Gasteiger partial charge is 0.308 e. The van der Waals surface area contributed by atoms with Crippen LogP contribution in [-0.2, 0) is 0 Å². The van der Waals surface area contributed by atoms with E-state index in [1.165, 1.54) is 11.3 Å². The van der Waals surface area contributed by atoms with Crippen LogP contribution in [-0.4, -0.2) is 11.0 Å². The maximum Gasteiger partial charge on any atom is 0.323 e. The SMILES string of the molecule is O=C(Nc1ccc(-c2csc(-c3ccccc3)n2)cc1)Nc1ccc(F)c(F)c1F. The van der Waals surface area contributed by atoms with Gasteiger partial charge < -0.3 is 10.6 Å². The summed E-state index contributed by atoms with van der Waals surface area (Å²) in [6.07, 6.45) is 0. The van der Waals surface area contributed by atoms with Crippen LogP contribution in [0.1, 0.15) is 0 Å². The molecule has 0 spiro atoms. The highest BCUT2D eigenvalue weighted by Gasteiger charge is 2.15. The number of amides is 2. The van der Waals surface area contributed by atoms with Gasteiger partial charge in [-0.05, 0) is 24.3 Å². The Bertz CT molecular complexity index is 1190. The van der Waals surface area contributed by atoms with E-state index >= 15 is 0 Å². The monoisotopic (exact) mass is 425 g/mol.